The number of hydrogen-bond donors (Lipinski definition) is 1. The lowest BCUT2D eigenvalue weighted by molar-refractivity contribution is -0.115. The predicted octanol–water partition coefficient (Wildman–Crippen LogP) is 3.63. The zero-order valence-corrected chi connectivity index (χ0v) is 11.5. The average Bonchev–Trinajstić information content (AvgIpc) is 2.25. The van der Waals surface area contributed by atoms with Crippen molar-refractivity contribution in [1.29, 1.82) is 5.26 Å². The summed E-state index contributed by atoms with van der Waals surface area (Å²) < 4.78 is 5.45. The van der Waals surface area contributed by atoms with Crippen molar-refractivity contribution in [2.75, 3.05) is 5.32 Å². The highest BCUT2D eigenvalue weighted by molar-refractivity contribution is 6.36. The highest BCUT2D eigenvalue weighted by Crippen LogP contribution is 2.34. The summed E-state index contributed by atoms with van der Waals surface area (Å²) in [5, 5.41) is 11.5. The van der Waals surface area contributed by atoms with Crippen LogP contribution in [-0.4, -0.2) is 12.0 Å². The van der Waals surface area contributed by atoms with Crippen molar-refractivity contribution in [3.05, 3.63) is 22.2 Å². The van der Waals surface area contributed by atoms with Crippen LogP contribution in [0.4, 0.5) is 5.69 Å². The molecule has 0 saturated carbocycles. The summed E-state index contributed by atoms with van der Waals surface area (Å²) in [6.07, 6.45) is -0.268. The van der Waals surface area contributed by atoms with E-state index in [-0.39, 0.29) is 12.5 Å². The third kappa shape index (κ3) is 4.10. The zero-order valence-electron chi connectivity index (χ0n) is 9.96. The number of halogens is 2. The normalized spacial score (nSPS) is 10.0. The molecule has 0 heterocycles. The lowest BCUT2D eigenvalue weighted by Gasteiger charge is -2.14. The smallest absolute Gasteiger partial charge is 0.238 e. The van der Waals surface area contributed by atoms with Gasteiger partial charge >= 0.3 is 0 Å². The van der Waals surface area contributed by atoms with E-state index in [0.29, 0.717) is 21.5 Å². The van der Waals surface area contributed by atoms with Crippen molar-refractivity contribution in [3.63, 3.8) is 0 Å². The molecule has 4 nitrogen and oxygen atoms in total. The molecular weight excluding hydrogens is 275 g/mol. The van der Waals surface area contributed by atoms with E-state index < -0.39 is 5.91 Å². The molecule has 0 saturated heterocycles. The van der Waals surface area contributed by atoms with Crippen LogP contribution >= 0.6 is 23.2 Å². The number of carbonyl (C=O) groups excluding carboxylic acids is 1. The molecule has 0 aliphatic carbocycles. The van der Waals surface area contributed by atoms with Crippen LogP contribution in [0.15, 0.2) is 12.1 Å². The summed E-state index contributed by atoms with van der Waals surface area (Å²) >= 11 is 12.0. The Balaban J connectivity index is 2.93. The van der Waals surface area contributed by atoms with Gasteiger partial charge in [-0.25, -0.2) is 0 Å². The van der Waals surface area contributed by atoms with Crippen molar-refractivity contribution in [1.82, 2.24) is 0 Å². The second-order valence-electron chi connectivity index (χ2n) is 3.81. The van der Waals surface area contributed by atoms with Crippen LogP contribution in [0.25, 0.3) is 0 Å². The van der Waals surface area contributed by atoms with E-state index in [1.165, 1.54) is 12.1 Å². The Bertz CT molecular complexity index is 496. The summed E-state index contributed by atoms with van der Waals surface area (Å²) in [5.74, 6) is 0.0166. The third-order valence-corrected chi connectivity index (χ3v) is 2.51. The zero-order chi connectivity index (χ0) is 13.7. The Labute approximate surface area is 115 Å². The maximum atomic E-state index is 11.3. The third-order valence-electron chi connectivity index (χ3n) is 1.90. The van der Waals surface area contributed by atoms with Crippen molar-refractivity contribution in [2.24, 2.45) is 0 Å². The topological polar surface area (TPSA) is 62.1 Å². The van der Waals surface area contributed by atoms with Crippen molar-refractivity contribution in [2.45, 2.75) is 26.4 Å². The number of carbonyl (C=O) groups is 1. The molecule has 0 atom stereocenters. The summed E-state index contributed by atoms with van der Waals surface area (Å²) in [6.45, 7) is 3.74. The maximum Gasteiger partial charge on any atom is 0.238 e. The molecule has 0 spiro atoms. The molecule has 1 amide bonds. The molecule has 0 unspecified atom stereocenters. The van der Waals surface area contributed by atoms with Gasteiger partial charge in [0.05, 0.1) is 27.9 Å². The number of amides is 1. The predicted molar refractivity (Wildman–Crippen MR) is 71.1 cm³/mol. The molecule has 0 aromatic heterocycles. The number of nitriles is 1. The Kier molecular flexibility index (Phi) is 5.26. The van der Waals surface area contributed by atoms with E-state index >= 15 is 0 Å². The summed E-state index contributed by atoms with van der Waals surface area (Å²) in [4.78, 5) is 11.3. The van der Waals surface area contributed by atoms with Gasteiger partial charge in [-0.3, -0.25) is 4.79 Å². The molecule has 96 valence electrons. The van der Waals surface area contributed by atoms with Gasteiger partial charge in [-0.2, -0.15) is 5.26 Å². The summed E-state index contributed by atoms with van der Waals surface area (Å²) in [6, 6.07) is 4.78. The fourth-order valence-corrected chi connectivity index (χ4v) is 1.64. The molecule has 0 aliphatic heterocycles. The highest BCUT2D eigenvalue weighted by atomic mass is 35.5. The summed E-state index contributed by atoms with van der Waals surface area (Å²) in [7, 11) is 0. The first-order valence-electron chi connectivity index (χ1n) is 5.26. The molecule has 0 bridgehead atoms. The van der Waals surface area contributed by atoms with Crippen LogP contribution in [-0.2, 0) is 4.79 Å². The molecule has 6 heteroatoms. The van der Waals surface area contributed by atoms with Crippen molar-refractivity contribution < 1.29 is 9.53 Å². The first kappa shape index (κ1) is 14.6. The van der Waals surface area contributed by atoms with Crippen LogP contribution in [0.3, 0.4) is 0 Å². The molecule has 1 rings (SSSR count). The quantitative estimate of drug-likeness (QED) is 0.919. The van der Waals surface area contributed by atoms with Crippen LogP contribution in [0.2, 0.25) is 10.0 Å². The minimum Gasteiger partial charge on any atom is -0.489 e. The SMILES string of the molecule is CC(C)Oc1cc(Cl)c(NC(=O)CC#N)cc1Cl. The molecule has 0 aliphatic rings. The van der Waals surface area contributed by atoms with Gasteiger partial charge in [-0.15, -0.1) is 0 Å². The molecule has 0 radical (unpaired) electrons. The van der Waals surface area contributed by atoms with Gasteiger partial charge in [0.2, 0.25) is 5.91 Å². The number of anilines is 1. The number of nitrogens with one attached hydrogen (secondary N) is 1. The number of nitrogens with zero attached hydrogens (tertiary/aromatic N) is 1. The minimum absolute atomic E-state index is 0.0300. The van der Waals surface area contributed by atoms with E-state index in [1.807, 2.05) is 13.8 Å². The first-order valence-corrected chi connectivity index (χ1v) is 6.02. The fraction of sp³-hybridized carbons (Fsp3) is 0.333. The molecule has 0 fully saturated rings. The van der Waals surface area contributed by atoms with E-state index in [1.54, 1.807) is 6.07 Å². The largest absolute Gasteiger partial charge is 0.489 e. The summed E-state index contributed by atoms with van der Waals surface area (Å²) in [5.41, 5.74) is 0.359. The van der Waals surface area contributed by atoms with Gasteiger partial charge in [0, 0.05) is 6.07 Å². The number of ether oxygens (including phenoxy) is 1. The van der Waals surface area contributed by atoms with Gasteiger partial charge < -0.3 is 10.1 Å². The Morgan fingerprint density at radius 3 is 2.67 bits per heavy atom. The second kappa shape index (κ2) is 6.48. The van der Waals surface area contributed by atoms with Crippen LogP contribution < -0.4 is 10.1 Å². The first-order chi connectivity index (χ1) is 8.43. The highest BCUT2D eigenvalue weighted by Gasteiger charge is 2.11. The minimum atomic E-state index is -0.437. The second-order valence-corrected chi connectivity index (χ2v) is 4.63. The van der Waals surface area contributed by atoms with Gasteiger partial charge in [-0.1, -0.05) is 23.2 Å². The van der Waals surface area contributed by atoms with Gasteiger partial charge in [0.15, 0.2) is 0 Å². The Morgan fingerprint density at radius 1 is 1.44 bits per heavy atom. The van der Waals surface area contributed by atoms with Gasteiger partial charge in [-0.05, 0) is 19.9 Å². The average molecular weight is 287 g/mol. The van der Waals surface area contributed by atoms with Crippen LogP contribution in [0.5, 0.6) is 5.75 Å². The number of benzene rings is 1. The van der Waals surface area contributed by atoms with E-state index in [0.717, 1.165) is 0 Å². The van der Waals surface area contributed by atoms with Crippen LogP contribution in [0, 0.1) is 11.3 Å². The van der Waals surface area contributed by atoms with Crippen molar-refractivity contribution in [3.8, 4) is 11.8 Å². The van der Waals surface area contributed by atoms with E-state index in [2.05, 4.69) is 5.32 Å². The monoisotopic (exact) mass is 286 g/mol. The molecular formula is C12H12Cl2N2O2. The van der Waals surface area contributed by atoms with E-state index in [4.69, 9.17) is 33.2 Å². The molecule has 1 N–H and O–H groups in total. The maximum absolute atomic E-state index is 11.3. The Hall–Kier alpha value is -1.44. The van der Waals surface area contributed by atoms with Crippen molar-refractivity contribution >= 4 is 34.8 Å². The molecule has 1 aromatic rings. The lowest BCUT2D eigenvalue weighted by Crippen LogP contribution is -2.11. The number of rotatable bonds is 4. The van der Waals surface area contributed by atoms with E-state index in [9.17, 15) is 4.79 Å². The van der Waals surface area contributed by atoms with Gasteiger partial charge in [0.25, 0.3) is 0 Å². The molecule has 1 aromatic carbocycles. The standard InChI is InChI=1S/C12H12Cl2N2O2/c1-7(2)18-11-6-8(13)10(5-9(11)14)16-12(17)3-4-15/h5-7H,3H2,1-2H3,(H,16,17). The molecule has 18 heavy (non-hydrogen) atoms. The Morgan fingerprint density at radius 2 is 2.11 bits per heavy atom. The van der Waals surface area contributed by atoms with Crippen LogP contribution in [0.1, 0.15) is 20.3 Å². The fourth-order valence-electron chi connectivity index (χ4n) is 1.23. The lowest BCUT2D eigenvalue weighted by atomic mass is 10.2. The van der Waals surface area contributed by atoms with Gasteiger partial charge in [0.1, 0.15) is 12.2 Å². The number of hydrogen-bond acceptors (Lipinski definition) is 3.